The molecule has 20 heavy (non-hydrogen) atoms. The Morgan fingerprint density at radius 1 is 1.30 bits per heavy atom. The molecule has 0 aliphatic rings. The topological polar surface area (TPSA) is 27.6 Å². The average molecular weight is 293 g/mol. The fourth-order valence-corrected chi connectivity index (χ4v) is 2.57. The highest BCUT2D eigenvalue weighted by atomic mass is 32.2. The lowest BCUT2D eigenvalue weighted by Gasteiger charge is -2.23. The van der Waals surface area contributed by atoms with Crippen LogP contribution in [0.15, 0.2) is 29.3 Å². The van der Waals surface area contributed by atoms with E-state index in [0.717, 1.165) is 19.0 Å². The van der Waals surface area contributed by atoms with Crippen LogP contribution in [0.5, 0.6) is 0 Å². The summed E-state index contributed by atoms with van der Waals surface area (Å²) in [6.07, 6.45) is 4.60. The van der Waals surface area contributed by atoms with Crippen LogP contribution in [-0.4, -0.2) is 43.5 Å². The Labute approximate surface area is 127 Å². The molecule has 0 aromatic heterocycles. The zero-order valence-electron chi connectivity index (χ0n) is 13.1. The zero-order valence-corrected chi connectivity index (χ0v) is 14.0. The van der Waals surface area contributed by atoms with E-state index in [1.165, 1.54) is 29.7 Å². The van der Waals surface area contributed by atoms with Crippen molar-refractivity contribution < 1.29 is 0 Å². The fraction of sp³-hybridized carbons (Fsp3) is 0.562. The summed E-state index contributed by atoms with van der Waals surface area (Å²) in [6.45, 7) is 4.03. The minimum absolute atomic E-state index is 0.886. The molecule has 0 amide bonds. The van der Waals surface area contributed by atoms with Crippen LogP contribution in [0.2, 0.25) is 0 Å². The Hall–Kier alpha value is -1.16. The Kier molecular flexibility index (Phi) is 8.19. The number of thioether (sulfide) groups is 1. The molecule has 1 rings (SSSR count). The lowest BCUT2D eigenvalue weighted by Crippen LogP contribution is -2.39. The molecule has 3 nitrogen and oxygen atoms in total. The van der Waals surface area contributed by atoms with Gasteiger partial charge in [-0.1, -0.05) is 24.3 Å². The van der Waals surface area contributed by atoms with Gasteiger partial charge in [-0.3, -0.25) is 4.99 Å². The minimum Gasteiger partial charge on any atom is -0.356 e. The van der Waals surface area contributed by atoms with Gasteiger partial charge in [-0.25, -0.2) is 0 Å². The quantitative estimate of drug-likeness (QED) is 0.475. The molecule has 0 saturated carbocycles. The summed E-state index contributed by atoms with van der Waals surface area (Å²) >= 11 is 1.91. The van der Waals surface area contributed by atoms with Crippen LogP contribution < -0.4 is 5.32 Å². The first-order valence-electron chi connectivity index (χ1n) is 7.14. The summed E-state index contributed by atoms with van der Waals surface area (Å²) in [5, 5.41) is 3.43. The summed E-state index contributed by atoms with van der Waals surface area (Å²) in [6, 6.07) is 8.51. The maximum Gasteiger partial charge on any atom is 0.193 e. The lowest BCUT2D eigenvalue weighted by molar-refractivity contribution is 0.474. The summed E-state index contributed by atoms with van der Waals surface area (Å²) in [5.41, 5.74) is 2.68. The van der Waals surface area contributed by atoms with Crippen molar-refractivity contribution in [3.63, 3.8) is 0 Å². The standard InChI is InChI=1S/C16H27N3S/c1-14-9-5-6-10-15(14)13-19(3)16(17-2)18-11-7-8-12-20-4/h5-6,9-10H,7-8,11-13H2,1-4H3,(H,17,18). The molecule has 0 unspecified atom stereocenters. The molecule has 1 aromatic carbocycles. The smallest absolute Gasteiger partial charge is 0.193 e. The molecule has 112 valence electrons. The van der Waals surface area contributed by atoms with Crippen molar-refractivity contribution in [3.8, 4) is 0 Å². The van der Waals surface area contributed by atoms with Crippen molar-refractivity contribution in [2.75, 3.05) is 32.6 Å². The summed E-state index contributed by atoms with van der Waals surface area (Å²) in [5.74, 6) is 2.21. The van der Waals surface area contributed by atoms with E-state index in [-0.39, 0.29) is 0 Å². The van der Waals surface area contributed by atoms with Gasteiger partial charge in [0.25, 0.3) is 0 Å². The minimum atomic E-state index is 0.886. The molecule has 4 heteroatoms. The molecule has 0 heterocycles. The Bertz CT molecular complexity index is 418. The number of rotatable bonds is 7. The van der Waals surface area contributed by atoms with E-state index in [1.807, 2.05) is 18.8 Å². The number of nitrogens with zero attached hydrogens (tertiary/aromatic N) is 2. The number of benzene rings is 1. The molecule has 0 bridgehead atoms. The van der Waals surface area contributed by atoms with Gasteiger partial charge < -0.3 is 10.2 Å². The van der Waals surface area contributed by atoms with Crippen LogP contribution in [0.4, 0.5) is 0 Å². The van der Waals surface area contributed by atoms with Gasteiger partial charge in [0.1, 0.15) is 0 Å². The molecule has 0 aliphatic carbocycles. The SMILES string of the molecule is CN=C(NCCCCSC)N(C)Cc1ccccc1C. The Balaban J connectivity index is 2.43. The lowest BCUT2D eigenvalue weighted by atomic mass is 10.1. The third-order valence-electron chi connectivity index (χ3n) is 3.30. The van der Waals surface area contributed by atoms with E-state index in [0.29, 0.717) is 0 Å². The number of hydrogen-bond donors (Lipinski definition) is 1. The predicted molar refractivity (Wildman–Crippen MR) is 91.6 cm³/mol. The van der Waals surface area contributed by atoms with Crippen molar-refractivity contribution in [3.05, 3.63) is 35.4 Å². The van der Waals surface area contributed by atoms with Crippen molar-refractivity contribution in [2.45, 2.75) is 26.3 Å². The first kappa shape index (κ1) is 16.9. The number of aryl methyl sites for hydroxylation is 1. The van der Waals surface area contributed by atoms with Crippen LogP contribution in [0.1, 0.15) is 24.0 Å². The summed E-state index contributed by atoms with van der Waals surface area (Å²) in [4.78, 5) is 6.54. The maximum atomic E-state index is 4.36. The second kappa shape index (κ2) is 9.70. The molecule has 0 aliphatic heterocycles. The van der Waals surface area contributed by atoms with Gasteiger partial charge in [0, 0.05) is 27.2 Å². The number of nitrogens with one attached hydrogen (secondary N) is 1. The molecule has 1 aromatic rings. The third kappa shape index (κ3) is 5.87. The zero-order chi connectivity index (χ0) is 14.8. The van der Waals surface area contributed by atoms with Crippen molar-refractivity contribution in [1.82, 2.24) is 10.2 Å². The fourth-order valence-electron chi connectivity index (χ4n) is 2.07. The largest absolute Gasteiger partial charge is 0.356 e. The summed E-state index contributed by atoms with van der Waals surface area (Å²) in [7, 11) is 3.93. The van der Waals surface area contributed by atoms with Gasteiger partial charge in [0.2, 0.25) is 0 Å². The number of unbranched alkanes of at least 4 members (excludes halogenated alkanes) is 1. The van der Waals surface area contributed by atoms with Crippen LogP contribution in [-0.2, 0) is 6.54 Å². The van der Waals surface area contributed by atoms with Crippen LogP contribution in [0.3, 0.4) is 0 Å². The number of guanidine groups is 1. The predicted octanol–water partition coefficient (Wildman–Crippen LogP) is 3.15. The van der Waals surface area contributed by atoms with E-state index in [4.69, 9.17) is 0 Å². The van der Waals surface area contributed by atoms with Crippen molar-refractivity contribution >= 4 is 17.7 Å². The molecule has 0 radical (unpaired) electrons. The van der Waals surface area contributed by atoms with Gasteiger partial charge in [-0.15, -0.1) is 0 Å². The van der Waals surface area contributed by atoms with E-state index >= 15 is 0 Å². The molecule has 0 spiro atoms. The summed E-state index contributed by atoms with van der Waals surface area (Å²) < 4.78 is 0. The van der Waals surface area contributed by atoms with Gasteiger partial charge in [0.15, 0.2) is 5.96 Å². The van der Waals surface area contributed by atoms with Crippen molar-refractivity contribution in [1.29, 1.82) is 0 Å². The third-order valence-corrected chi connectivity index (χ3v) is 4.00. The molecule has 0 saturated heterocycles. The highest BCUT2D eigenvalue weighted by molar-refractivity contribution is 7.98. The highest BCUT2D eigenvalue weighted by Crippen LogP contribution is 2.09. The highest BCUT2D eigenvalue weighted by Gasteiger charge is 2.07. The van der Waals surface area contributed by atoms with Gasteiger partial charge in [-0.05, 0) is 42.9 Å². The van der Waals surface area contributed by atoms with Crippen LogP contribution >= 0.6 is 11.8 Å². The second-order valence-electron chi connectivity index (χ2n) is 4.96. The van der Waals surface area contributed by atoms with E-state index in [2.05, 4.69) is 59.7 Å². The first-order valence-corrected chi connectivity index (χ1v) is 8.53. The monoisotopic (exact) mass is 293 g/mol. The molecule has 0 atom stereocenters. The molecule has 1 N–H and O–H groups in total. The van der Waals surface area contributed by atoms with E-state index in [1.54, 1.807) is 0 Å². The van der Waals surface area contributed by atoms with Gasteiger partial charge in [0.05, 0.1) is 0 Å². The molecule has 0 fully saturated rings. The average Bonchev–Trinajstić information content (AvgIpc) is 2.45. The maximum absolute atomic E-state index is 4.36. The first-order chi connectivity index (χ1) is 9.69. The van der Waals surface area contributed by atoms with E-state index in [9.17, 15) is 0 Å². The van der Waals surface area contributed by atoms with Crippen LogP contribution in [0.25, 0.3) is 0 Å². The normalized spacial score (nSPS) is 11.5. The number of aliphatic imine (C=N–C) groups is 1. The van der Waals surface area contributed by atoms with E-state index < -0.39 is 0 Å². The second-order valence-corrected chi connectivity index (χ2v) is 5.94. The van der Waals surface area contributed by atoms with Gasteiger partial charge in [-0.2, -0.15) is 11.8 Å². The van der Waals surface area contributed by atoms with Gasteiger partial charge >= 0.3 is 0 Å². The Morgan fingerprint density at radius 2 is 2.05 bits per heavy atom. The van der Waals surface area contributed by atoms with Crippen molar-refractivity contribution in [2.24, 2.45) is 4.99 Å². The molecular weight excluding hydrogens is 266 g/mol. The number of hydrogen-bond acceptors (Lipinski definition) is 2. The Morgan fingerprint density at radius 3 is 2.70 bits per heavy atom. The molecular formula is C16H27N3S. The van der Waals surface area contributed by atoms with Crippen LogP contribution in [0, 0.1) is 6.92 Å².